The fourth-order valence-corrected chi connectivity index (χ4v) is 5.65. The van der Waals surface area contributed by atoms with Gasteiger partial charge in [-0.2, -0.15) is 0 Å². The predicted octanol–water partition coefficient (Wildman–Crippen LogP) is 2.03. The molecule has 0 aromatic heterocycles. The number of hydrogen-bond acceptors (Lipinski definition) is 9. The average Bonchev–Trinajstić information content (AvgIpc) is 3.67. The zero-order valence-electron chi connectivity index (χ0n) is 27.9. The number of carboxylic acid groups (broad SMARTS) is 1. The van der Waals surface area contributed by atoms with Gasteiger partial charge in [-0.1, -0.05) is 60.7 Å². The van der Waals surface area contributed by atoms with Crippen LogP contribution in [0.2, 0.25) is 0 Å². The Bertz CT molecular complexity index is 1710. The number of carbonyl (C=O) groups is 6. The molecule has 15 heteroatoms. The summed E-state index contributed by atoms with van der Waals surface area (Å²) >= 11 is 0. The molecule has 4 rings (SSSR count). The molecule has 3 aromatic carbocycles. The molecule has 0 unspecified atom stereocenters. The number of amides is 5. The van der Waals surface area contributed by atoms with Gasteiger partial charge in [0.25, 0.3) is 11.6 Å². The summed E-state index contributed by atoms with van der Waals surface area (Å²) < 4.78 is 0. The molecule has 5 amide bonds. The standard InChI is InChI=1S/C36H40N6O9/c1-23(38-31(43)18-19-32(44)45)33(46)39-29(21-24-9-4-2-5-10-24)36(49)41(26-14-16-27(17-15-26)42(50)51)30(22-25-11-6-3-7-12-25)35(48)40-34(47)28-13-8-20-37-28/h2-7,9-12,14-17,23,28-30,37H,8,13,18-22H2,1H3,(H,38,43)(H,39,46)(H,44,45)(H,40,47,48)/t23-,28-,29-,30-/m0/s1. The Balaban J connectivity index is 1.75. The van der Waals surface area contributed by atoms with Gasteiger partial charge in [-0.05, 0) is 49.6 Å². The van der Waals surface area contributed by atoms with Crippen molar-refractivity contribution in [3.63, 3.8) is 0 Å². The first-order valence-electron chi connectivity index (χ1n) is 16.5. The number of nitrogens with one attached hydrogen (secondary N) is 4. The molecule has 1 aliphatic heterocycles. The maximum absolute atomic E-state index is 14.9. The largest absolute Gasteiger partial charge is 0.481 e. The summed E-state index contributed by atoms with van der Waals surface area (Å²) in [6, 6.07) is 18.0. The molecule has 1 saturated heterocycles. The summed E-state index contributed by atoms with van der Waals surface area (Å²) in [5, 5.41) is 31.0. The molecule has 0 spiro atoms. The van der Waals surface area contributed by atoms with Gasteiger partial charge in [0.15, 0.2) is 0 Å². The van der Waals surface area contributed by atoms with Gasteiger partial charge in [0, 0.05) is 37.1 Å². The molecule has 15 nitrogen and oxygen atoms in total. The third kappa shape index (κ3) is 11.0. The number of carboxylic acids is 1. The Morgan fingerprint density at radius 1 is 0.863 bits per heavy atom. The summed E-state index contributed by atoms with van der Waals surface area (Å²) in [5.41, 5.74) is 1.12. The average molecular weight is 701 g/mol. The first kappa shape index (κ1) is 37.9. The molecular weight excluding hydrogens is 660 g/mol. The summed E-state index contributed by atoms with van der Waals surface area (Å²) in [5.74, 6) is -4.76. The van der Waals surface area contributed by atoms with Crippen molar-refractivity contribution >= 4 is 46.9 Å². The number of nitrogens with zero attached hydrogens (tertiary/aromatic N) is 2. The van der Waals surface area contributed by atoms with Crippen LogP contribution in [-0.2, 0) is 41.6 Å². The lowest BCUT2D eigenvalue weighted by Crippen LogP contribution is -2.60. The van der Waals surface area contributed by atoms with Gasteiger partial charge >= 0.3 is 5.97 Å². The van der Waals surface area contributed by atoms with E-state index in [0.29, 0.717) is 24.1 Å². The van der Waals surface area contributed by atoms with Crippen molar-refractivity contribution in [3.8, 4) is 0 Å². The van der Waals surface area contributed by atoms with Crippen LogP contribution in [0.4, 0.5) is 11.4 Å². The van der Waals surface area contributed by atoms with Crippen LogP contribution in [0.15, 0.2) is 84.9 Å². The van der Waals surface area contributed by atoms with Crippen LogP contribution in [0.3, 0.4) is 0 Å². The molecule has 1 aliphatic rings. The lowest BCUT2D eigenvalue weighted by molar-refractivity contribution is -0.384. The van der Waals surface area contributed by atoms with Crippen molar-refractivity contribution < 1.29 is 38.8 Å². The molecule has 1 fully saturated rings. The zero-order chi connectivity index (χ0) is 36.9. The Hall–Kier alpha value is -5.96. The normalized spacial score (nSPS) is 15.4. The number of aliphatic carboxylic acids is 1. The van der Waals surface area contributed by atoms with Crippen LogP contribution < -0.4 is 26.2 Å². The number of nitro groups is 1. The van der Waals surface area contributed by atoms with Crippen molar-refractivity contribution in [3.05, 3.63) is 106 Å². The van der Waals surface area contributed by atoms with Crippen molar-refractivity contribution in [1.82, 2.24) is 21.3 Å². The van der Waals surface area contributed by atoms with Crippen LogP contribution in [-0.4, -0.2) is 76.2 Å². The van der Waals surface area contributed by atoms with Crippen LogP contribution in [0.5, 0.6) is 0 Å². The smallest absolute Gasteiger partial charge is 0.303 e. The zero-order valence-corrected chi connectivity index (χ0v) is 27.9. The highest BCUT2D eigenvalue weighted by Crippen LogP contribution is 2.25. The Kier molecular flexibility index (Phi) is 13.5. The van der Waals surface area contributed by atoms with Gasteiger partial charge in [0.1, 0.15) is 18.1 Å². The molecule has 3 aromatic rings. The third-order valence-corrected chi connectivity index (χ3v) is 8.32. The number of carbonyl (C=O) groups excluding carboxylic acids is 5. The molecule has 0 saturated carbocycles. The Labute approximate surface area is 293 Å². The minimum Gasteiger partial charge on any atom is -0.481 e. The van der Waals surface area contributed by atoms with E-state index in [1.54, 1.807) is 60.7 Å². The molecule has 5 N–H and O–H groups in total. The van der Waals surface area contributed by atoms with E-state index in [1.165, 1.54) is 31.2 Å². The number of nitro benzene ring substituents is 1. The molecule has 0 bridgehead atoms. The molecule has 4 atom stereocenters. The van der Waals surface area contributed by atoms with Crippen molar-refractivity contribution in [1.29, 1.82) is 0 Å². The van der Waals surface area contributed by atoms with Crippen molar-refractivity contribution in [2.24, 2.45) is 0 Å². The van der Waals surface area contributed by atoms with Crippen LogP contribution in [0, 0.1) is 10.1 Å². The number of anilines is 1. The SMILES string of the molecule is C[C@H](NC(=O)CCC(=O)O)C(=O)N[C@@H](Cc1ccccc1)C(=O)N(c1ccc([N+](=O)[O-])cc1)[C@@H](Cc1ccccc1)C(=O)NC(=O)[C@@H]1CCCN1. The van der Waals surface area contributed by atoms with Crippen LogP contribution >= 0.6 is 0 Å². The lowest BCUT2D eigenvalue weighted by Gasteiger charge is -2.34. The van der Waals surface area contributed by atoms with Gasteiger partial charge in [0.05, 0.1) is 17.4 Å². The van der Waals surface area contributed by atoms with E-state index >= 15 is 0 Å². The Morgan fingerprint density at radius 2 is 1.47 bits per heavy atom. The van der Waals surface area contributed by atoms with E-state index in [4.69, 9.17) is 5.11 Å². The van der Waals surface area contributed by atoms with Crippen molar-refractivity contribution in [2.45, 2.75) is 69.6 Å². The quantitative estimate of drug-likeness (QED) is 0.108. The number of imide groups is 1. The second-order valence-electron chi connectivity index (χ2n) is 12.1. The van der Waals surface area contributed by atoms with Gasteiger partial charge in [-0.25, -0.2) is 0 Å². The first-order chi connectivity index (χ1) is 24.4. The van der Waals surface area contributed by atoms with Gasteiger partial charge in [0.2, 0.25) is 23.6 Å². The summed E-state index contributed by atoms with van der Waals surface area (Å²) in [7, 11) is 0. The van der Waals surface area contributed by atoms with E-state index in [-0.39, 0.29) is 30.6 Å². The topological polar surface area (TPSA) is 217 Å². The second-order valence-corrected chi connectivity index (χ2v) is 12.1. The van der Waals surface area contributed by atoms with Gasteiger partial charge in [-0.3, -0.25) is 49.1 Å². The number of rotatable bonds is 16. The summed E-state index contributed by atoms with van der Waals surface area (Å²) in [4.78, 5) is 90.8. The minimum absolute atomic E-state index is 0.0564. The predicted molar refractivity (Wildman–Crippen MR) is 185 cm³/mol. The molecule has 1 heterocycles. The summed E-state index contributed by atoms with van der Waals surface area (Å²) in [6.45, 7) is 1.98. The molecule has 268 valence electrons. The van der Waals surface area contributed by atoms with Crippen molar-refractivity contribution in [2.75, 3.05) is 11.4 Å². The Morgan fingerprint density at radius 3 is 2.02 bits per heavy atom. The highest BCUT2D eigenvalue weighted by molar-refractivity contribution is 6.08. The molecule has 0 radical (unpaired) electrons. The van der Waals surface area contributed by atoms with Gasteiger partial charge < -0.3 is 21.1 Å². The fraction of sp³-hybridized carbons (Fsp3) is 0.333. The monoisotopic (exact) mass is 700 g/mol. The highest BCUT2D eigenvalue weighted by atomic mass is 16.6. The number of benzene rings is 3. The van der Waals surface area contributed by atoms with Crippen LogP contribution in [0.1, 0.15) is 43.7 Å². The minimum atomic E-state index is -1.37. The van der Waals surface area contributed by atoms with E-state index in [9.17, 15) is 38.9 Å². The molecular formula is C36H40N6O9. The van der Waals surface area contributed by atoms with Crippen LogP contribution in [0.25, 0.3) is 0 Å². The second kappa shape index (κ2) is 18.2. The maximum Gasteiger partial charge on any atom is 0.303 e. The van der Waals surface area contributed by atoms with E-state index in [1.807, 2.05) is 0 Å². The third-order valence-electron chi connectivity index (χ3n) is 8.32. The van der Waals surface area contributed by atoms with E-state index in [2.05, 4.69) is 21.3 Å². The molecule has 0 aliphatic carbocycles. The van der Waals surface area contributed by atoms with E-state index in [0.717, 1.165) is 11.3 Å². The molecule has 51 heavy (non-hydrogen) atoms. The highest BCUT2D eigenvalue weighted by Gasteiger charge is 2.38. The number of hydrogen-bond donors (Lipinski definition) is 5. The van der Waals surface area contributed by atoms with E-state index < -0.39 is 71.0 Å². The van der Waals surface area contributed by atoms with Gasteiger partial charge in [-0.15, -0.1) is 0 Å². The first-order valence-corrected chi connectivity index (χ1v) is 16.5. The lowest BCUT2D eigenvalue weighted by atomic mass is 9.99. The summed E-state index contributed by atoms with van der Waals surface area (Å²) in [6.07, 6.45) is 0.334. The fourth-order valence-electron chi connectivity index (χ4n) is 5.65. The maximum atomic E-state index is 14.9. The number of non-ortho nitro benzene ring substituents is 1.